The molecule has 4 atom stereocenters. The number of methoxy groups -OCH3 is 2. The van der Waals surface area contributed by atoms with Gasteiger partial charge >= 0.3 is 0 Å². The van der Waals surface area contributed by atoms with Gasteiger partial charge in [0.15, 0.2) is 17.7 Å². The van der Waals surface area contributed by atoms with Gasteiger partial charge in [-0.15, -0.1) is 0 Å². The van der Waals surface area contributed by atoms with Crippen LogP contribution in [-0.2, 0) is 10.3 Å². The van der Waals surface area contributed by atoms with Crippen LogP contribution in [0, 0.1) is 5.82 Å². The zero-order chi connectivity index (χ0) is 31.1. The summed E-state index contributed by atoms with van der Waals surface area (Å²) in [5, 5.41) is 35.0. The van der Waals surface area contributed by atoms with Crippen molar-refractivity contribution >= 4 is 16.9 Å². The van der Waals surface area contributed by atoms with E-state index < -0.39 is 42.0 Å². The number of aliphatic hydroxyl groups excluding tert-OH is 2. The van der Waals surface area contributed by atoms with Crippen LogP contribution in [0.25, 0.3) is 11.0 Å². The molecule has 5 aromatic rings. The third-order valence-corrected chi connectivity index (χ3v) is 8.31. The summed E-state index contributed by atoms with van der Waals surface area (Å²) >= 11 is 0. The van der Waals surface area contributed by atoms with Crippen LogP contribution in [-0.4, -0.2) is 68.5 Å². The second-order valence-electron chi connectivity index (χ2n) is 10.9. The summed E-state index contributed by atoms with van der Waals surface area (Å²) < 4.78 is 34.0. The van der Waals surface area contributed by atoms with E-state index in [0.717, 1.165) is 22.9 Å². The van der Waals surface area contributed by atoms with Gasteiger partial charge in [-0.05, 0) is 47.9 Å². The smallest absolute Gasteiger partial charge is 0.167 e. The van der Waals surface area contributed by atoms with Crippen molar-refractivity contribution in [2.24, 2.45) is 0 Å². The number of benzene rings is 3. The standard InChI is InChI=1S/C33H33FN4O6/c1-32(41)28(40)26(18-39)44-31(32)38-17-25(34)27-29(35-19-36-30(27)38)37-33(20-7-5-4-6-8-20,21-9-13-23(42-2)14-10-21)22-11-15-24(43-3)16-12-22/h4-17,19,26,28,31,39-41H,18H2,1-3H3,(H,35,36,37)/t26-,28?,31-,32+/m1/s1. The first-order valence-corrected chi connectivity index (χ1v) is 14.0. The molecule has 3 aromatic carbocycles. The van der Waals surface area contributed by atoms with E-state index in [1.807, 2.05) is 78.9 Å². The average Bonchev–Trinajstić information content (AvgIpc) is 3.51. The Hall–Kier alpha value is -4.55. The Labute approximate surface area is 253 Å². The maximum absolute atomic E-state index is 16.0. The fourth-order valence-electron chi connectivity index (χ4n) is 5.97. The molecule has 1 aliphatic heterocycles. The van der Waals surface area contributed by atoms with Crippen molar-refractivity contribution in [3.05, 3.63) is 114 Å². The third-order valence-electron chi connectivity index (χ3n) is 8.31. The minimum atomic E-state index is -1.84. The van der Waals surface area contributed by atoms with Crippen LogP contribution >= 0.6 is 0 Å². The number of aliphatic hydroxyl groups is 3. The Morgan fingerprint density at radius 3 is 2.02 bits per heavy atom. The van der Waals surface area contributed by atoms with Crippen molar-refractivity contribution in [2.75, 3.05) is 26.1 Å². The number of nitrogens with zero attached hydrogens (tertiary/aromatic N) is 3. The highest BCUT2D eigenvalue weighted by molar-refractivity contribution is 5.89. The zero-order valence-corrected chi connectivity index (χ0v) is 24.4. The fraction of sp³-hybridized carbons (Fsp3) is 0.273. The maximum Gasteiger partial charge on any atom is 0.167 e. The molecule has 0 saturated carbocycles. The van der Waals surface area contributed by atoms with Crippen LogP contribution in [0.15, 0.2) is 91.4 Å². The minimum absolute atomic E-state index is 0.0520. The number of hydrogen-bond donors (Lipinski definition) is 4. The largest absolute Gasteiger partial charge is 0.497 e. The highest BCUT2D eigenvalue weighted by Gasteiger charge is 2.53. The molecule has 2 aromatic heterocycles. The van der Waals surface area contributed by atoms with Crippen molar-refractivity contribution in [2.45, 2.75) is 36.5 Å². The fourth-order valence-corrected chi connectivity index (χ4v) is 5.97. The second-order valence-corrected chi connectivity index (χ2v) is 10.9. The van der Waals surface area contributed by atoms with Crippen molar-refractivity contribution in [3.63, 3.8) is 0 Å². The molecule has 6 rings (SSSR count). The summed E-state index contributed by atoms with van der Waals surface area (Å²) in [5.74, 6) is 0.851. The number of ether oxygens (including phenoxy) is 3. The maximum atomic E-state index is 16.0. The van der Waals surface area contributed by atoms with E-state index in [9.17, 15) is 15.3 Å². The molecule has 0 radical (unpaired) electrons. The summed E-state index contributed by atoms with van der Waals surface area (Å²) in [4.78, 5) is 8.85. The third kappa shape index (κ3) is 4.74. The molecule has 1 unspecified atom stereocenters. The Kier molecular flexibility index (Phi) is 7.72. The first-order chi connectivity index (χ1) is 21.2. The van der Waals surface area contributed by atoms with Crippen LogP contribution in [0.1, 0.15) is 29.8 Å². The van der Waals surface area contributed by atoms with Crippen LogP contribution in [0.3, 0.4) is 0 Å². The molecule has 1 saturated heterocycles. The first-order valence-electron chi connectivity index (χ1n) is 14.0. The summed E-state index contributed by atoms with van der Waals surface area (Å²) in [5.41, 5.74) is -0.331. The minimum Gasteiger partial charge on any atom is -0.497 e. The quantitative estimate of drug-likeness (QED) is 0.186. The van der Waals surface area contributed by atoms with Crippen LogP contribution in [0.5, 0.6) is 11.5 Å². The molecule has 0 bridgehead atoms. The molecule has 0 aliphatic carbocycles. The number of anilines is 1. The summed E-state index contributed by atoms with van der Waals surface area (Å²) in [7, 11) is 3.19. The van der Waals surface area contributed by atoms with Crippen LogP contribution in [0.4, 0.5) is 10.2 Å². The van der Waals surface area contributed by atoms with Crippen molar-refractivity contribution in [1.29, 1.82) is 0 Å². The van der Waals surface area contributed by atoms with Gasteiger partial charge < -0.3 is 34.8 Å². The molecular formula is C33H33FN4O6. The van der Waals surface area contributed by atoms with Gasteiger partial charge in [0.1, 0.15) is 47.0 Å². The lowest BCUT2D eigenvalue weighted by Gasteiger charge is -2.37. The van der Waals surface area contributed by atoms with Crippen molar-refractivity contribution in [3.8, 4) is 11.5 Å². The predicted octanol–water partition coefficient (Wildman–Crippen LogP) is 3.99. The number of aromatic nitrogens is 3. The number of rotatable bonds is 9. The predicted molar refractivity (Wildman–Crippen MR) is 161 cm³/mol. The van der Waals surface area contributed by atoms with Crippen molar-refractivity contribution in [1.82, 2.24) is 14.5 Å². The number of hydrogen-bond acceptors (Lipinski definition) is 9. The van der Waals surface area contributed by atoms with Crippen LogP contribution in [0.2, 0.25) is 0 Å². The zero-order valence-electron chi connectivity index (χ0n) is 24.4. The molecule has 10 nitrogen and oxygen atoms in total. The van der Waals surface area contributed by atoms with Gasteiger partial charge in [0.05, 0.1) is 26.2 Å². The normalized spacial score (nSPS) is 21.8. The molecular weight excluding hydrogens is 567 g/mol. The topological polar surface area (TPSA) is 131 Å². The number of halogens is 1. The van der Waals surface area contributed by atoms with Gasteiger partial charge in [0.25, 0.3) is 0 Å². The van der Waals surface area contributed by atoms with E-state index in [0.29, 0.717) is 11.5 Å². The van der Waals surface area contributed by atoms with E-state index in [4.69, 9.17) is 14.2 Å². The highest BCUT2D eigenvalue weighted by atomic mass is 19.1. The van der Waals surface area contributed by atoms with E-state index >= 15 is 4.39 Å². The van der Waals surface area contributed by atoms with E-state index in [-0.39, 0.29) is 16.9 Å². The molecule has 44 heavy (non-hydrogen) atoms. The summed E-state index contributed by atoms with van der Waals surface area (Å²) in [6, 6.07) is 24.9. The second kappa shape index (κ2) is 11.5. The van der Waals surface area contributed by atoms with Gasteiger partial charge in [-0.2, -0.15) is 0 Å². The van der Waals surface area contributed by atoms with Gasteiger partial charge in [0, 0.05) is 6.20 Å². The van der Waals surface area contributed by atoms with Gasteiger partial charge in [-0.1, -0.05) is 54.6 Å². The summed E-state index contributed by atoms with van der Waals surface area (Å²) in [6.45, 7) is 0.844. The number of fused-ring (bicyclic) bond motifs is 1. The van der Waals surface area contributed by atoms with Gasteiger partial charge in [-0.3, -0.25) is 4.57 Å². The van der Waals surface area contributed by atoms with E-state index in [1.165, 1.54) is 17.8 Å². The number of nitrogens with one attached hydrogen (secondary N) is 1. The lowest BCUT2D eigenvalue weighted by molar-refractivity contribution is -0.0949. The lowest BCUT2D eigenvalue weighted by atomic mass is 9.77. The van der Waals surface area contributed by atoms with Gasteiger partial charge in [0.2, 0.25) is 0 Å². The molecule has 228 valence electrons. The Morgan fingerprint density at radius 2 is 1.50 bits per heavy atom. The Balaban J connectivity index is 1.57. The SMILES string of the molecule is COc1ccc(C(Nc2ncnc3c2c(F)cn3[C@@H]2O[C@H](CO)C(O)[C@]2(C)O)(c2ccccc2)c2ccc(OC)cc2)cc1. The highest BCUT2D eigenvalue weighted by Crippen LogP contribution is 2.44. The van der Waals surface area contributed by atoms with E-state index in [1.54, 1.807) is 14.2 Å². The molecule has 1 fully saturated rings. The summed E-state index contributed by atoms with van der Waals surface area (Å²) in [6.07, 6.45) is -1.26. The lowest BCUT2D eigenvalue weighted by Crippen LogP contribution is -2.44. The first kappa shape index (κ1) is 29.5. The van der Waals surface area contributed by atoms with E-state index in [2.05, 4.69) is 15.3 Å². The average molecular weight is 601 g/mol. The van der Waals surface area contributed by atoms with Gasteiger partial charge in [-0.25, -0.2) is 14.4 Å². The molecule has 3 heterocycles. The van der Waals surface area contributed by atoms with Crippen LogP contribution < -0.4 is 14.8 Å². The Bertz CT molecular complexity index is 1700. The van der Waals surface area contributed by atoms with Crippen molar-refractivity contribution < 1.29 is 33.9 Å². The Morgan fingerprint density at radius 1 is 0.932 bits per heavy atom. The molecule has 11 heteroatoms. The molecule has 1 aliphatic rings. The molecule has 4 N–H and O–H groups in total. The molecule has 0 amide bonds. The monoisotopic (exact) mass is 600 g/mol. The molecule has 0 spiro atoms.